The largest absolute Gasteiger partial charge is 0.387 e. The first kappa shape index (κ1) is 28.2. The van der Waals surface area contributed by atoms with Gasteiger partial charge in [-0.05, 0) is 138 Å². The molecule has 2 saturated carbocycles. The lowest BCUT2D eigenvalue weighted by molar-refractivity contribution is -0.195. The number of carbonyl (C=O) groups excluding carboxylic acids is 1. The lowest BCUT2D eigenvalue weighted by atomic mass is 9.42. The van der Waals surface area contributed by atoms with Gasteiger partial charge in [-0.3, -0.25) is 4.79 Å². The smallest absolute Gasteiger partial charge is 0.187 e. The van der Waals surface area contributed by atoms with E-state index in [1.54, 1.807) is 19.9 Å². The van der Waals surface area contributed by atoms with Gasteiger partial charge in [0.25, 0.3) is 0 Å². The van der Waals surface area contributed by atoms with Gasteiger partial charge in [-0.1, -0.05) is 13.8 Å². The Balaban J connectivity index is 1.23. The topological polar surface area (TPSA) is 91.8 Å². The summed E-state index contributed by atoms with van der Waals surface area (Å²) in [7, 11) is 0. The number of carbonyl (C=O) groups is 1. The molecule has 2 aromatic rings. The van der Waals surface area contributed by atoms with Crippen LogP contribution in [0.2, 0.25) is 0 Å². The molecule has 3 heterocycles. The maximum atomic E-state index is 13.2. The van der Waals surface area contributed by atoms with E-state index in [-0.39, 0.29) is 28.5 Å². The van der Waals surface area contributed by atoms with Crippen LogP contribution in [0.3, 0.4) is 0 Å². The molecule has 0 bridgehead atoms. The highest BCUT2D eigenvalue weighted by molar-refractivity contribution is 5.96. The molecule has 2 fully saturated rings. The van der Waals surface area contributed by atoms with Gasteiger partial charge in [0.1, 0.15) is 6.10 Å². The molecule has 1 aromatic heterocycles. The maximum Gasteiger partial charge on any atom is 0.187 e. The van der Waals surface area contributed by atoms with Crippen molar-refractivity contribution in [3.63, 3.8) is 0 Å². The third-order valence-corrected chi connectivity index (χ3v) is 13.0. The van der Waals surface area contributed by atoms with Crippen molar-refractivity contribution in [1.29, 1.82) is 0 Å². The van der Waals surface area contributed by atoms with E-state index in [0.717, 1.165) is 37.7 Å². The van der Waals surface area contributed by atoms with E-state index >= 15 is 0 Å². The third kappa shape index (κ3) is 3.42. The van der Waals surface area contributed by atoms with Crippen LogP contribution in [0.25, 0.3) is 16.5 Å². The summed E-state index contributed by atoms with van der Waals surface area (Å²) in [6, 6.07) is 4.83. The molecule has 6 aliphatic rings. The molecular weight excluding hydrogens is 538 g/mol. The molecule has 0 spiro atoms. The summed E-state index contributed by atoms with van der Waals surface area (Å²) in [6.45, 7) is 16.6. The molecule has 230 valence electrons. The van der Waals surface area contributed by atoms with Gasteiger partial charge in [-0.2, -0.15) is 0 Å². The quantitative estimate of drug-likeness (QED) is 0.376. The molecule has 6 nitrogen and oxygen atoms in total. The van der Waals surface area contributed by atoms with Crippen molar-refractivity contribution in [3.05, 3.63) is 52.2 Å². The van der Waals surface area contributed by atoms with E-state index in [0.29, 0.717) is 18.3 Å². The Kier molecular flexibility index (Phi) is 5.33. The van der Waals surface area contributed by atoms with Crippen LogP contribution < -0.4 is 0 Å². The molecule has 6 heteroatoms. The fourth-order valence-corrected chi connectivity index (χ4v) is 10.9. The van der Waals surface area contributed by atoms with E-state index in [1.165, 1.54) is 38.9 Å². The van der Waals surface area contributed by atoms with E-state index in [2.05, 4.69) is 64.7 Å². The summed E-state index contributed by atoms with van der Waals surface area (Å²) in [5, 5.41) is 24.7. The van der Waals surface area contributed by atoms with Crippen molar-refractivity contribution in [1.82, 2.24) is 4.98 Å². The number of fused-ring (bicyclic) bond motifs is 12. The van der Waals surface area contributed by atoms with E-state index in [9.17, 15) is 15.0 Å². The van der Waals surface area contributed by atoms with Crippen LogP contribution >= 0.6 is 0 Å². The lowest BCUT2D eigenvalue weighted by Gasteiger charge is -2.64. The molecule has 0 radical (unpaired) electrons. The summed E-state index contributed by atoms with van der Waals surface area (Å²) in [6.07, 6.45) is 7.72. The minimum atomic E-state index is -1.27. The molecule has 0 saturated heterocycles. The third-order valence-electron chi connectivity index (χ3n) is 13.0. The van der Waals surface area contributed by atoms with Crippen molar-refractivity contribution in [2.75, 3.05) is 0 Å². The fraction of sp³-hybridized carbons (Fsp3) is 0.649. The average Bonchev–Trinajstić information content (AvgIpc) is 3.52. The molecule has 3 N–H and O–H groups in total. The van der Waals surface area contributed by atoms with Crippen molar-refractivity contribution in [2.45, 2.75) is 134 Å². The summed E-state index contributed by atoms with van der Waals surface area (Å²) >= 11 is 0. The van der Waals surface area contributed by atoms with Gasteiger partial charge >= 0.3 is 0 Å². The summed E-state index contributed by atoms with van der Waals surface area (Å²) in [4.78, 5) is 17.2. The van der Waals surface area contributed by atoms with Crippen LogP contribution in [0.5, 0.6) is 0 Å². The lowest BCUT2D eigenvalue weighted by Crippen LogP contribution is -2.68. The van der Waals surface area contributed by atoms with Crippen LogP contribution in [-0.4, -0.2) is 55.6 Å². The molecule has 4 aliphatic carbocycles. The minimum Gasteiger partial charge on any atom is -0.387 e. The monoisotopic (exact) mass is 585 g/mol. The summed E-state index contributed by atoms with van der Waals surface area (Å²) in [5.41, 5.74) is 5.02. The van der Waals surface area contributed by atoms with E-state index < -0.39 is 22.7 Å². The van der Waals surface area contributed by atoms with Crippen LogP contribution in [0.1, 0.15) is 103 Å². The Morgan fingerprint density at radius 1 is 1.02 bits per heavy atom. The van der Waals surface area contributed by atoms with Crippen LogP contribution in [-0.2, 0) is 32.5 Å². The number of hydrogen-bond donors (Lipinski definition) is 3. The second kappa shape index (κ2) is 8.12. The molecule has 0 amide bonds. The number of benzene rings is 1. The number of rotatable bonds is 1. The van der Waals surface area contributed by atoms with Crippen LogP contribution in [0.4, 0.5) is 0 Å². The highest BCUT2D eigenvalue weighted by atomic mass is 16.5. The number of ether oxygens (including phenoxy) is 2. The molecular formula is C37H47NO5. The molecule has 7 atom stereocenters. The van der Waals surface area contributed by atoms with Gasteiger partial charge in [0.15, 0.2) is 5.78 Å². The van der Waals surface area contributed by atoms with Crippen LogP contribution in [0, 0.1) is 17.3 Å². The van der Waals surface area contributed by atoms with Crippen molar-refractivity contribution in [2.24, 2.45) is 17.3 Å². The van der Waals surface area contributed by atoms with Gasteiger partial charge in [0.2, 0.25) is 0 Å². The highest BCUT2D eigenvalue weighted by Crippen LogP contribution is 2.69. The fourth-order valence-electron chi connectivity index (χ4n) is 10.9. The zero-order valence-electron chi connectivity index (χ0n) is 27.0. The number of ketones is 1. The zero-order chi connectivity index (χ0) is 30.7. The minimum absolute atomic E-state index is 0.228. The molecule has 8 rings (SSSR count). The van der Waals surface area contributed by atoms with E-state index in [4.69, 9.17) is 9.47 Å². The SMILES string of the molecule is CC1(C)C=C2c3cc4[nH]c5c(c4cc3CC2C(C)(C)O1)CC1CCC2(O)C3=CC(=O)C(C(C)(C)O)OC3CC[C@]2(C)[C@@]51C. The second-order valence-electron chi connectivity index (χ2n) is 16.7. The second-order valence-corrected chi connectivity index (χ2v) is 16.7. The Morgan fingerprint density at radius 2 is 1.77 bits per heavy atom. The Morgan fingerprint density at radius 3 is 2.49 bits per heavy atom. The number of hydrogen-bond acceptors (Lipinski definition) is 5. The first-order valence-corrected chi connectivity index (χ1v) is 16.4. The molecule has 5 unspecified atom stereocenters. The Hall–Kier alpha value is -2.25. The number of nitrogens with one attached hydrogen (secondary N) is 1. The maximum absolute atomic E-state index is 13.2. The Labute approximate surface area is 254 Å². The predicted octanol–water partition coefficient (Wildman–Crippen LogP) is 6.10. The molecule has 2 aliphatic heterocycles. The van der Waals surface area contributed by atoms with Gasteiger partial charge in [-0.25, -0.2) is 0 Å². The average molecular weight is 586 g/mol. The van der Waals surface area contributed by atoms with Crippen molar-refractivity contribution in [3.8, 4) is 0 Å². The standard InChI is InChI=1S/C37H47NO5/c1-32(2)18-24-21-16-27-22(13-19(21)14-25(24)34(5,6)43-32)23-15-20-9-12-37(41)26-17-28(39)31(33(3,4)40)42-29(26)10-11-35(37,7)36(20,8)30(23)38-27/h13,16-18,20,25,29,31,38,40-41H,9-12,14-15H2,1-8H3/t20?,25?,29?,31?,35-,36-,37?/m1/s1. The van der Waals surface area contributed by atoms with Gasteiger partial charge in [0.05, 0.1) is 28.5 Å². The Bertz CT molecular complexity index is 1670. The summed E-state index contributed by atoms with van der Waals surface area (Å²) in [5.74, 6) is 0.517. The van der Waals surface area contributed by atoms with Gasteiger partial charge in [0, 0.05) is 33.3 Å². The number of aliphatic hydroxyl groups is 2. The van der Waals surface area contributed by atoms with Crippen molar-refractivity contribution >= 4 is 22.3 Å². The normalized spacial score (nSPS) is 40.6. The number of H-pyrrole nitrogens is 1. The first-order chi connectivity index (χ1) is 19.9. The van der Waals surface area contributed by atoms with Crippen molar-refractivity contribution < 1.29 is 24.5 Å². The number of aromatic nitrogens is 1. The van der Waals surface area contributed by atoms with Gasteiger partial charge < -0.3 is 24.7 Å². The first-order valence-electron chi connectivity index (χ1n) is 16.4. The molecule has 1 aromatic carbocycles. The predicted molar refractivity (Wildman–Crippen MR) is 167 cm³/mol. The summed E-state index contributed by atoms with van der Waals surface area (Å²) < 4.78 is 12.8. The zero-order valence-corrected chi connectivity index (χ0v) is 27.0. The number of aromatic amines is 1. The van der Waals surface area contributed by atoms with Gasteiger partial charge in [-0.15, -0.1) is 0 Å². The highest BCUT2D eigenvalue weighted by Gasteiger charge is 2.70. The van der Waals surface area contributed by atoms with E-state index in [1.807, 2.05) is 0 Å². The molecule has 43 heavy (non-hydrogen) atoms. The van der Waals surface area contributed by atoms with Crippen LogP contribution in [0.15, 0.2) is 29.9 Å².